The minimum atomic E-state index is -0.670. The van der Waals surface area contributed by atoms with E-state index in [1.807, 2.05) is 6.07 Å². The number of aryl methyl sites for hydroxylation is 1. The first kappa shape index (κ1) is 10.5. The summed E-state index contributed by atoms with van der Waals surface area (Å²) in [6.07, 6.45) is 0.0516. The molecule has 14 heavy (non-hydrogen) atoms. The number of nitrogens with two attached hydrogens (primary N) is 1. The highest BCUT2D eigenvalue weighted by Gasteiger charge is 2.15. The number of hydrogen-bond donors (Lipinski definition) is 2. The summed E-state index contributed by atoms with van der Waals surface area (Å²) in [5.74, 6) is -1.12. The maximum absolute atomic E-state index is 13.2. The van der Waals surface area contributed by atoms with Crippen molar-refractivity contribution in [2.24, 2.45) is 5.73 Å². The molecule has 0 aliphatic carbocycles. The van der Waals surface area contributed by atoms with Gasteiger partial charge < -0.3 is 10.8 Å². The lowest BCUT2D eigenvalue weighted by molar-refractivity contribution is 0.418. The van der Waals surface area contributed by atoms with Crippen LogP contribution in [0.4, 0.5) is 4.39 Å². The fourth-order valence-corrected chi connectivity index (χ4v) is 1.19. The van der Waals surface area contributed by atoms with Crippen molar-refractivity contribution in [2.45, 2.75) is 19.4 Å². The van der Waals surface area contributed by atoms with Crippen LogP contribution in [0.5, 0.6) is 5.75 Å². The Labute approximate surface area is 81.6 Å². The largest absolute Gasteiger partial charge is 0.505 e. The van der Waals surface area contributed by atoms with Crippen LogP contribution in [0.3, 0.4) is 0 Å². The Balaban J connectivity index is 3.12. The van der Waals surface area contributed by atoms with Crippen molar-refractivity contribution in [3.05, 3.63) is 29.1 Å². The molecule has 1 aromatic carbocycles. The van der Waals surface area contributed by atoms with Gasteiger partial charge in [-0.25, -0.2) is 4.39 Å². The average molecular weight is 194 g/mol. The quantitative estimate of drug-likeness (QED) is 0.753. The van der Waals surface area contributed by atoms with Crippen LogP contribution in [-0.2, 0) is 0 Å². The summed E-state index contributed by atoms with van der Waals surface area (Å²) in [5.41, 5.74) is 6.21. The molecule has 3 nitrogen and oxygen atoms in total. The zero-order valence-corrected chi connectivity index (χ0v) is 7.79. The highest BCUT2D eigenvalue weighted by molar-refractivity contribution is 5.39. The summed E-state index contributed by atoms with van der Waals surface area (Å²) < 4.78 is 13.2. The molecule has 0 bridgehead atoms. The van der Waals surface area contributed by atoms with E-state index in [9.17, 15) is 9.50 Å². The standard InChI is InChI=1S/C10H11FN2O/c1-6-2-3-7(8(13)4-5-12)10(14)9(6)11/h2-3,8,14H,4,13H2,1H3/t8-/m1/s1. The molecular weight excluding hydrogens is 183 g/mol. The minimum absolute atomic E-state index is 0.0516. The molecular formula is C10H11FN2O. The SMILES string of the molecule is Cc1ccc([C@H](N)CC#N)c(O)c1F. The molecule has 1 rings (SSSR count). The van der Waals surface area contributed by atoms with Crippen LogP contribution in [0.2, 0.25) is 0 Å². The van der Waals surface area contributed by atoms with E-state index in [4.69, 9.17) is 11.0 Å². The normalized spacial score (nSPS) is 12.1. The van der Waals surface area contributed by atoms with E-state index >= 15 is 0 Å². The molecule has 1 atom stereocenters. The zero-order valence-electron chi connectivity index (χ0n) is 7.79. The third-order valence-electron chi connectivity index (χ3n) is 2.05. The smallest absolute Gasteiger partial charge is 0.168 e. The van der Waals surface area contributed by atoms with Crippen molar-refractivity contribution in [2.75, 3.05) is 0 Å². The van der Waals surface area contributed by atoms with Crippen LogP contribution in [-0.4, -0.2) is 5.11 Å². The van der Waals surface area contributed by atoms with E-state index < -0.39 is 17.6 Å². The van der Waals surface area contributed by atoms with Crippen molar-refractivity contribution in [3.8, 4) is 11.8 Å². The monoisotopic (exact) mass is 194 g/mol. The van der Waals surface area contributed by atoms with Crippen molar-refractivity contribution in [3.63, 3.8) is 0 Å². The van der Waals surface area contributed by atoms with Gasteiger partial charge in [0.15, 0.2) is 11.6 Å². The maximum atomic E-state index is 13.2. The molecule has 0 radical (unpaired) electrons. The molecule has 0 saturated heterocycles. The van der Waals surface area contributed by atoms with Crippen LogP contribution >= 0.6 is 0 Å². The number of benzene rings is 1. The van der Waals surface area contributed by atoms with Crippen molar-refractivity contribution >= 4 is 0 Å². The topological polar surface area (TPSA) is 70.0 Å². The molecule has 0 aliphatic heterocycles. The van der Waals surface area contributed by atoms with Crippen molar-refractivity contribution < 1.29 is 9.50 Å². The predicted octanol–water partition coefficient (Wildman–Crippen LogP) is 1.75. The first-order chi connectivity index (χ1) is 6.57. The predicted molar refractivity (Wildman–Crippen MR) is 50.0 cm³/mol. The second-order valence-corrected chi connectivity index (χ2v) is 3.10. The molecule has 4 heteroatoms. The molecule has 0 heterocycles. The first-order valence-corrected chi connectivity index (χ1v) is 4.18. The van der Waals surface area contributed by atoms with Gasteiger partial charge in [-0.3, -0.25) is 0 Å². The fraction of sp³-hybridized carbons (Fsp3) is 0.300. The van der Waals surface area contributed by atoms with E-state index in [1.54, 1.807) is 6.92 Å². The lowest BCUT2D eigenvalue weighted by Crippen LogP contribution is -2.10. The van der Waals surface area contributed by atoms with Gasteiger partial charge in [0.05, 0.1) is 12.5 Å². The van der Waals surface area contributed by atoms with Gasteiger partial charge in [0.2, 0.25) is 0 Å². The Morgan fingerprint density at radius 2 is 2.29 bits per heavy atom. The molecule has 0 fully saturated rings. The Morgan fingerprint density at radius 3 is 2.86 bits per heavy atom. The number of nitriles is 1. The second-order valence-electron chi connectivity index (χ2n) is 3.10. The van der Waals surface area contributed by atoms with Crippen molar-refractivity contribution in [1.29, 1.82) is 5.26 Å². The summed E-state index contributed by atoms with van der Waals surface area (Å²) >= 11 is 0. The van der Waals surface area contributed by atoms with Crippen LogP contribution in [0.25, 0.3) is 0 Å². The van der Waals surface area contributed by atoms with Gasteiger partial charge in [-0.1, -0.05) is 12.1 Å². The van der Waals surface area contributed by atoms with Gasteiger partial charge in [-0.15, -0.1) is 0 Å². The van der Waals surface area contributed by atoms with Gasteiger partial charge in [0.25, 0.3) is 0 Å². The van der Waals surface area contributed by atoms with Gasteiger partial charge in [-0.05, 0) is 12.5 Å². The summed E-state index contributed by atoms with van der Waals surface area (Å²) in [7, 11) is 0. The number of nitrogens with zero attached hydrogens (tertiary/aromatic N) is 1. The van der Waals surface area contributed by atoms with E-state index in [2.05, 4.69) is 0 Å². The Morgan fingerprint density at radius 1 is 1.64 bits per heavy atom. The van der Waals surface area contributed by atoms with Gasteiger partial charge in [0.1, 0.15) is 0 Å². The van der Waals surface area contributed by atoms with Crippen LogP contribution in [0.1, 0.15) is 23.6 Å². The molecule has 0 amide bonds. The Hall–Kier alpha value is -1.60. The number of phenolic OH excluding ortho intramolecular Hbond substituents is 1. The highest BCUT2D eigenvalue weighted by Crippen LogP contribution is 2.29. The lowest BCUT2D eigenvalue weighted by Gasteiger charge is -2.11. The van der Waals surface area contributed by atoms with Gasteiger partial charge >= 0.3 is 0 Å². The Kier molecular flexibility index (Phi) is 3.05. The van der Waals surface area contributed by atoms with Gasteiger partial charge in [0, 0.05) is 11.6 Å². The molecule has 0 aromatic heterocycles. The molecule has 0 unspecified atom stereocenters. The molecule has 1 aromatic rings. The number of hydrogen-bond acceptors (Lipinski definition) is 3. The van der Waals surface area contributed by atoms with Crippen molar-refractivity contribution in [1.82, 2.24) is 0 Å². The summed E-state index contributed by atoms with van der Waals surface area (Å²) in [6.45, 7) is 1.55. The maximum Gasteiger partial charge on any atom is 0.168 e. The van der Waals surface area contributed by atoms with E-state index in [1.165, 1.54) is 12.1 Å². The third-order valence-corrected chi connectivity index (χ3v) is 2.05. The highest BCUT2D eigenvalue weighted by atomic mass is 19.1. The summed E-state index contributed by atoms with van der Waals surface area (Å²) in [4.78, 5) is 0. The number of halogens is 1. The summed E-state index contributed by atoms with van der Waals surface area (Å²) in [5, 5.41) is 17.8. The fourth-order valence-electron chi connectivity index (χ4n) is 1.19. The van der Waals surface area contributed by atoms with Gasteiger partial charge in [-0.2, -0.15) is 5.26 Å². The average Bonchev–Trinajstić information content (AvgIpc) is 2.15. The number of rotatable bonds is 2. The first-order valence-electron chi connectivity index (χ1n) is 4.18. The van der Waals surface area contributed by atoms with E-state index in [0.29, 0.717) is 5.56 Å². The van der Waals surface area contributed by atoms with Crippen LogP contribution < -0.4 is 5.73 Å². The second kappa shape index (κ2) is 4.07. The van der Waals surface area contributed by atoms with E-state index in [-0.39, 0.29) is 12.0 Å². The zero-order chi connectivity index (χ0) is 10.7. The summed E-state index contributed by atoms with van der Waals surface area (Å²) in [6, 6.07) is 4.29. The third kappa shape index (κ3) is 1.83. The van der Waals surface area contributed by atoms with Crippen LogP contribution in [0, 0.1) is 24.1 Å². The molecule has 0 spiro atoms. The van der Waals surface area contributed by atoms with E-state index in [0.717, 1.165) is 0 Å². The Bertz CT molecular complexity index is 384. The lowest BCUT2D eigenvalue weighted by atomic mass is 10.0. The molecule has 3 N–H and O–H groups in total. The molecule has 0 saturated carbocycles. The number of aromatic hydroxyl groups is 1. The molecule has 74 valence electrons. The molecule has 0 aliphatic rings. The van der Waals surface area contributed by atoms with Crippen LogP contribution in [0.15, 0.2) is 12.1 Å². The minimum Gasteiger partial charge on any atom is -0.505 e. The number of phenols is 1.